The van der Waals surface area contributed by atoms with Crippen LogP contribution in [-0.4, -0.2) is 71.7 Å². The third-order valence-electron chi connectivity index (χ3n) is 3.74. The molecule has 0 bridgehead atoms. The van der Waals surface area contributed by atoms with Crippen LogP contribution < -0.4 is 5.73 Å². The Hall–Kier alpha value is -1.83. The van der Waals surface area contributed by atoms with Gasteiger partial charge in [0.2, 0.25) is 5.91 Å². The molecule has 2 rings (SSSR count). The number of amides is 3. The minimum Gasteiger partial charge on any atom is -0.481 e. The van der Waals surface area contributed by atoms with E-state index in [9.17, 15) is 14.4 Å². The summed E-state index contributed by atoms with van der Waals surface area (Å²) in [7, 11) is 0. The Balaban J connectivity index is 2.05. The lowest BCUT2D eigenvalue weighted by molar-refractivity contribution is -0.143. The third kappa shape index (κ3) is 3.01. The summed E-state index contributed by atoms with van der Waals surface area (Å²) in [6.07, 6.45) is 1.22. The molecule has 2 aliphatic heterocycles. The van der Waals surface area contributed by atoms with E-state index in [-0.39, 0.29) is 19.2 Å². The summed E-state index contributed by atoms with van der Waals surface area (Å²) in [6.45, 7) is 1.42. The Morgan fingerprint density at radius 3 is 2.65 bits per heavy atom. The second-order valence-electron chi connectivity index (χ2n) is 5.09. The number of likely N-dealkylation sites (tertiary alicyclic amines) is 1. The molecule has 0 aromatic rings. The Labute approximate surface area is 116 Å². The molecule has 3 amide bonds. The molecule has 0 saturated carbocycles. The highest BCUT2D eigenvalue weighted by atomic mass is 16.5. The van der Waals surface area contributed by atoms with E-state index >= 15 is 0 Å². The highest BCUT2D eigenvalue weighted by Gasteiger charge is 2.36. The van der Waals surface area contributed by atoms with Crippen molar-refractivity contribution in [2.75, 3.05) is 32.8 Å². The number of piperidine rings is 1. The number of nitrogens with zero attached hydrogens (tertiary/aromatic N) is 2. The normalized spacial score (nSPS) is 27.2. The van der Waals surface area contributed by atoms with Crippen LogP contribution in [0.3, 0.4) is 0 Å². The number of carbonyl (C=O) groups excluding carboxylic acids is 2. The summed E-state index contributed by atoms with van der Waals surface area (Å²) in [6, 6.07) is -1.11. The average Bonchev–Trinajstić information content (AvgIpc) is 2.46. The Bertz CT molecular complexity index is 414. The van der Waals surface area contributed by atoms with Crippen LogP contribution in [0.15, 0.2) is 0 Å². The predicted molar refractivity (Wildman–Crippen MR) is 67.8 cm³/mol. The van der Waals surface area contributed by atoms with Crippen molar-refractivity contribution >= 4 is 17.9 Å². The molecule has 0 aromatic heterocycles. The molecule has 0 spiro atoms. The van der Waals surface area contributed by atoms with E-state index in [0.29, 0.717) is 32.5 Å². The summed E-state index contributed by atoms with van der Waals surface area (Å²) < 4.78 is 5.16. The van der Waals surface area contributed by atoms with Gasteiger partial charge in [0.25, 0.3) is 0 Å². The molecule has 0 aliphatic carbocycles. The van der Waals surface area contributed by atoms with Gasteiger partial charge < -0.3 is 25.4 Å². The van der Waals surface area contributed by atoms with Crippen LogP contribution in [0.2, 0.25) is 0 Å². The van der Waals surface area contributed by atoms with Gasteiger partial charge in [-0.2, -0.15) is 0 Å². The second kappa shape index (κ2) is 6.08. The molecular weight excluding hydrogens is 266 g/mol. The van der Waals surface area contributed by atoms with Crippen molar-refractivity contribution in [1.82, 2.24) is 9.80 Å². The highest BCUT2D eigenvalue weighted by molar-refractivity contribution is 5.86. The third-order valence-corrected chi connectivity index (χ3v) is 3.74. The van der Waals surface area contributed by atoms with E-state index in [1.807, 2.05) is 0 Å². The molecule has 2 fully saturated rings. The molecule has 3 N–H and O–H groups in total. The lowest BCUT2D eigenvalue weighted by atomic mass is 9.98. The molecule has 8 heteroatoms. The van der Waals surface area contributed by atoms with Gasteiger partial charge in [-0.15, -0.1) is 0 Å². The van der Waals surface area contributed by atoms with Crippen LogP contribution in [0.1, 0.15) is 12.8 Å². The molecule has 2 heterocycles. The second-order valence-corrected chi connectivity index (χ2v) is 5.09. The maximum Gasteiger partial charge on any atom is 0.320 e. The molecule has 2 atom stereocenters. The number of hydrogen-bond acceptors (Lipinski definition) is 4. The smallest absolute Gasteiger partial charge is 0.320 e. The molecular formula is C12H19N3O5. The summed E-state index contributed by atoms with van der Waals surface area (Å²) in [5.74, 6) is -2.04. The number of urea groups is 1. The van der Waals surface area contributed by atoms with Crippen LogP contribution in [0.4, 0.5) is 4.79 Å². The van der Waals surface area contributed by atoms with Gasteiger partial charge in [0.1, 0.15) is 6.04 Å². The Morgan fingerprint density at radius 2 is 2.00 bits per heavy atom. The number of carboxylic acids is 1. The van der Waals surface area contributed by atoms with Crippen LogP contribution >= 0.6 is 0 Å². The largest absolute Gasteiger partial charge is 0.481 e. The van der Waals surface area contributed by atoms with E-state index < -0.39 is 23.8 Å². The van der Waals surface area contributed by atoms with Gasteiger partial charge in [-0.25, -0.2) is 4.79 Å². The van der Waals surface area contributed by atoms with Crippen LogP contribution in [0, 0.1) is 5.92 Å². The van der Waals surface area contributed by atoms with E-state index in [0.717, 1.165) is 0 Å². The lowest BCUT2D eigenvalue weighted by Gasteiger charge is -2.39. The molecule has 2 unspecified atom stereocenters. The van der Waals surface area contributed by atoms with Crippen molar-refractivity contribution in [3.63, 3.8) is 0 Å². The van der Waals surface area contributed by atoms with Gasteiger partial charge in [-0.3, -0.25) is 9.59 Å². The van der Waals surface area contributed by atoms with Gasteiger partial charge >= 0.3 is 12.0 Å². The Kier molecular flexibility index (Phi) is 4.43. The molecule has 20 heavy (non-hydrogen) atoms. The SMILES string of the molecule is NC(=O)C1COCCN1C(=O)N1CCCC(C(=O)O)C1. The fraction of sp³-hybridized carbons (Fsp3) is 0.750. The van der Waals surface area contributed by atoms with Gasteiger partial charge in [0.05, 0.1) is 19.1 Å². The first-order chi connectivity index (χ1) is 9.50. The van der Waals surface area contributed by atoms with Crippen molar-refractivity contribution in [3.05, 3.63) is 0 Å². The molecule has 2 saturated heterocycles. The summed E-state index contributed by atoms with van der Waals surface area (Å²) >= 11 is 0. The van der Waals surface area contributed by atoms with Crippen LogP contribution in [-0.2, 0) is 14.3 Å². The zero-order valence-electron chi connectivity index (χ0n) is 11.2. The number of carboxylic acid groups (broad SMARTS) is 1. The van der Waals surface area contributed by atoms with Crippen molar-refractivity contribution in [2.24, 2.45) is 11.7 Å². The molecule has 112 valence electrons. The number of primary amides is 1. The number of hydrogen-bond donors (Lipinski definition) is 2. The van der Waals surface area contributed by atoms with Gasteiger partial charge in [0, 0.05) is 19.6 Å². The summed E-state index contributed by atoms with van der Waals surface area (Å²) in [5.41, 5.74) is 5.27. The zero-order chi connectivity index (χ0) is 14.7. The fourth-order valence-corrected chi connectivity index (χ4v) is 2.60. The summed E-state index contributed by atoms with van der Waals surface area (Å²) in [4.78, 5) is 37.7. The molecule has 0 aromatic carbocycles. The zero-order valence-corrected chi connectivity index (χ0v) is 11.2. The van der Waals surface area contributed by atoms with Crippen molar-refractivity contribution in [1.29, 1.82) is 0 Å². The van der Waals surface area contributed by atoms with Crippen LogP contribution in [0.25, 0.3) is 0 Å². The highest BCUT2D eigenvalue weighted by Crippen LogP contribution is 2.19. The van der Waals surface area contributed by atoms with Gasteiger partial charge in [-0.1, -0.05) is 0 Å². The monoisotopic (exact) mass is 285 g/mol. The fourth-order valence-electron chi connectivity index (χ4n) is 2.60. The molecule has 2 aliphatic rings. The molecule has 8 nitrogen and oxygen atoms in total. The first-order valence-electron chi connectivity index (χ1n) is 6.66. The van der Waals surface area contributed by atoms with Crippen LogP contribution in [0.5, 0.6) is 0 Å². The molecule has 0 radical (unpaired) electrons. The van der Waals surface area contributed by atoms with Gasteiger partial charge in [0.15, 0.2) is 0 Å². The van der Waals surface area contributed by atoms with Crippen molar-refractivity contribution in [3.8, 4) is 0 Å². The maximum atomic E-state index is 12.4. The lowest BCUT2D eigenvalue weighted by Crippen LogP contribution is -2.59. The topological polar surface area (TPSA) is 113 Å². The number of morpholine rings is 1. The van der Waals surface area contributed by atoms with Crippen molar-refractivity contribution < 1.29 is 24.2 Å². The number of rotatable bonds is 2. The minimum atomic E-state index is -0.893. The standard InChI is InChI=1S/C12H19N3O5/c13-10(16)9-7-20-5-4-15(9)12(19)14-3-1-2-8(6-14)11(17)18/h8-9H,1-7H2,(H2,13,16)(H,17,18). The number of carbonyl (C=O) groups is 3. The first-order valence-corrected chi connectivity index (χ1v) is 6.66. The maximum absolute atomic E-state index is 12.4. The van der Waals surface area contributed by atoms with Crippen molar-refractivity contribution in [2.45, 2.75) is 18.9 Å². The first kappa shape index (κ1) is 14.6. The quantitative estimate of drug-likeness (QED) is 0.682. The Morgan fingerprint density at radius 1 is 1.25 bits per heavy atom. The van der Waals surface area contributed by atoms with E-state index in [1.165, 1.54) is 9.80 Å². The minimum absolute atomic E-state index is 0.0945. The summed E-state index contributed by atoms with van der Waals surface area (Å²) in [5, 5.41) is 9.04. The van der Waals surface area contributed by atoms with E-state index in [2.05, 4.69) is 0 Å². The van der Waals surface area contributed by atoms with E-state index in [4.69, 9.17) is 15.6 Å². The number of aliphatic carboxylic acids is 1. The van der Waals surface area contributed by atoms with E-state index in [1.54, 1.807) is 0 Å². The van der Waals surface area contributed by atoms with Gasteiger partial charge in [-0.05, 0) is 12.8 Å². The number of nitrogens with two attached hydrogens (primary N) is 1. The number of ether oxygens (including phenoxy) is 1. The average molecular weight is 285 g/mol. The predicted octanol–water partition coefficient (Wildman–Crippen LogP) is -0.911.